The van der Waals surface area contributed by atoms with Crippen molar-refractivity contribution in [3.63, 3.8) is 0 Å². The Kier molecular flexibility index (Phi) is 3.37. The van der Waals surface area contributed by atoms with Crippen molar-refractivity contribution in [2.75, 3.05) is 12.4 Å². The lowest BCUT2D eigenvalue weighted by molar-refractivity contribution is 0.550. The van der Waals surface area contributed by atoms with Gasteiger partial charge in [-0.2, -0.15) is 0 Å². The molecule has 1 aliphatic carbocycles. The van der Waals surface area contributed by atoms with Gasteiger partial charge in [0.05, 0.1) is 9.26 Å². The fourth-order valence-corrected chi connectivity index (χ4v) is 3.51. The molecular weight excluding hydrogens is 337 g/mol. The molecule has 1 fully saturated rings. The third-order valence-corrected chi connectivity index (χ3v) is 4.66. The van der Waals surface area contributed by atoms with E-state index in [1.807, 2.05) is 7.05 Å². The summed E-state index contributed by atoms with van der Waals surface area (Å²) in [5.74, 6) is 2.49. The van der Waals surface area contributed by atoms with E-state index in [2.05, 4.69) is 62.5 Å². The minimum atomic E-state index is 0.0544. The number of nitrogens with zero attached hydrogens (tertiary/aromatic N) is 2. The molecule has 18 heavy (non-hydrogen) atoms. The number of anilines is 1. The standard InChI is InChI=1S/C14H22IN3/c1-13(2,3)10-9(15)12(16-6)18-11(17-10)8-7-14(8,4)5/h8H,7H2,1-6H3,(H,16,17,18). The SMILES string of the molecule is CNc1nc(C2CC2(C)C)nc(C(C)(C)C)c1I. The van der Waals surface area contributed by atoms with Gasteiger partial charge in [0.15, 0.2) is 0 Å². The predicted molar refractivity (Wildman–Crippen MR) is 84.1 cm³/mol. The van der Waals surface area contributed by atoms with Crippen LogP contribution in [0, 0.1) is 8.99 Å². The molecular formula is C14H22IN3. The first-order chi connectivity index (χ1) is 8.16. The fraction of sp³-hybridized carbons (Fsp3) is 0.714. The van der Waals surface area contributed by atoms with E-state index in [1.165, 1.54) is 6.42 Å². The van der Waals surface area contributed by atoms with Gasteiger partial charge >= 0.3 is 0 Å². The van der Waals surface area contributed by atoms with Crippen LogP contribution in [0.15, 0.2) is 0 Å². The minimum absolute atomic E-state index is 0.0544. The maximum atomic E-state index is 4.85. The van der Waals surface area contributed by atoms with Crippen molar-refractivity contribution >= 4 is 28.4 Å². The van der Waals surface area contributed by atoms with Crippen molar-refractivity contribution in [2.45, 2.75) is 52.4 Å². The smallest absolute Gasteiger partial charge is 0.143 e. The quantitative estimate of drug-likeness (QED) is 0.813. The van der Waals surface area contributed by atoms with Crippen LogP contribution < -0.4 is 5.32 Å². The van der Waals surface area contributed by atoms with Crippen LogP contribution in [0.3, 0.4) is 0 Å². The van der Waals surface area contributed by atoms with Gasteiger partial charge in [0.1, 0.15) is 11.6 Å². The van der Waals surface area contributed by atoms with Gasteiger partial charge in [-0.1, -0.05) is 34.6 Å². The van der Waals surface area contributed by atoms with Crippen LogP contribution in [0.4, 0.5) is 5.82 Å². The summed E-state index contributed by atoms with van der Waals surface area (Å²) in [6.45, 7) is 11.2. The second-order valence-corrected chi connectivity index (χ2v) is 7.92. The van der Waals surface area contributed by atoms with Crippen LogP contribution in [0.2, 0.25) is 0 Å². The third-order valence-electron chi connectivity index (χ3n) is 3.64. The molecule has 1 N–H and O–H groups in total. The number of hydrogen-bond acceptors (Lipinski definition) is 3. The summed E-state index contributed by atoms with van der Waals surface area (Å²) < 4.78 is 1.14. The molecule has 0 spiro atoms. The lowest BCUT2D eigenvalue weighted by atomic mass is 9.91. The van der Waals surface area contributed by atoms with Crippen LogP contribution in [-0.2, 0) is 5.41 Å². The van der Waals surface area contributed by atoms with E-state index in [1.54, 1.807) is 0 Å². The molecule has 1 atom stereocenters. The second-order valence-electron chi connectivity index (χ2n) is 6.84. The van der Waals surface area contributed by atoms with Crippen LogP contribution >= 0.6 is 22.6 Å². The summed E-state index contributed by atoms with van der Waals surface area (Å²) in [5.41, 5.74) is 1.58. The van der Waals surface area contributed by atoms with Crippen molar-refractivity contribution < 1.29 is 0 Å². The average molecular weight is 359 g/mol. The highest BCUT2D eigenvalue weighted by Crippen LogP contribution is 2.57. The molecule has 1 unspecified atom stereocenters. The number of hydrogen-bond donors (Lipinski definition) is 1. The zero-order chi connectivity index (χ0) is 13.7. The van der Waals surface area contributed by atoms with Crippen molar-refractivity contribution in [2.24, 2.45) is 5.41 Å². The van der Waals surface area contributed by atoms with E-state index in [0.29, 0.717) is 11.3 Å². The Morgan fingerprint density at radius 1 is 1.28 bits per heavy atom. The molecule has 100 valence electrons. The first-order valence-electron chi connectivity index (χ1n) is 6.42. The Morgan fingerprint density at radius 3 is 2.22 bits per heavy atom. The van der Waals surface area contributed by atoms with Gasteiger partial charge in [0.2, 0.25) is 0 Å². The van der Waals surface area contributed by atoms with Crippen LogP contribution in [0.5, 0.6) is 0 Å². The van der Waals surface area contributed by atoms with Crippen LogP contribution in [-0.4, -0.2) is 17.0 Å². The Morgan fingerprint density at radius 2 is 1.83 bits per heavy atom. The predicted octanol–water partition coefficient (Wildman–Crippen LogP) is 3.93. The fourth-order valence-electron chi connectivity index (χ4n) is 2.19. The second kappa shape index (κ2) is 4.32. The van der Waals surface area contributed by atoms with Crippen LogP contribution in [0.1, 0.15) is 58.5 Å². The summed E-state index contributed by atoms with van der Waals surface area (Å²) in [4.78, 5) is 9.54. The van der Waals surface area contributed by atoms with Gasteiger partial charge in [-0.3, -0.25) is 0 Å². The van der Waals surface area contributed by atoms with Gasteiger partial charge < -0.3 is 5.32 Å². The number of nitrogens with one attached hydrogen (secondary N) is 1. The monoisotopic (exact) mass is 359 g/mol. The molecule has 1 aromatic rings. The average Bonchev–Trinajstić information content (AvgIpc) is 2.86. The molecule has 1 aromatic heterocycles. The third kappa shape index (κ3) is 2.49. The van der Waals surface area contributed by atoms with Gasteiger partial charge in [-0.25, -0.2) is 9.97 Å². The maximum Gasteiger partial charge on any atom is 0.143 e. The molecule has 2 rings (SSSR count). The molecule has 0 amide bonds. The van der Waals surface area contributed by atoms with Gasteiger partial charge in [0.25, 0.3) is 0 Å². The first-order valence-corrected chi connectivity index (χ1v) is 7.50. The highest BCUT2D eigenvalue weighted by atomic mass is 127. The van der Waals surface area contributed by atoms with Crippen molar-refractivity contribution in [1.29, 1.82) is 0 Å². The highest BCUT2D eigenvalue weighted by Gasteiger charge is 2.49. The number of rotatable bonds is 2. The zero-order valence-corrected chi connectivity index (χ0v) is 14.2. The molecule has 1 saturated carbocycles. The Hall–Kier alpha value is -0.390. The normalized spacial score (nSPS) is 21.8. The summed E-state index contributed by atoms with van der Waals surface area (Å²) >= 11 is 2.35. The van der Waals surface area contributed by atoms with Gasteiger partial charge in [0, 0.05) is 18.4 Å². The lowest BCUT2D eigenvalue weighted by Gasteiger charge is -2.22. The maximum absolute atomic E-state index is 4.85. The summed E-state index contributed by atoms with van der Waals surface area (Å²) in [6.07, 6.45) is 1.19. The van der Waals surface area contributed by atoms with E-state index in [0.717, 1.165) is 20.9 Å². The molecule has 3 nitrogen and oxygen atoms in total. The Balaban J connectivity index is 2.51. The Labute approximate surface area is 123 Å². The largest absolute Gasteiger partial charge is 0.372 e. The topological polar surface area (TPSA) is 37.8 Å². The summed E-state index contributed by atoms with van der Waals surface area (Å²) in [7, 11) is 1.93. The molecule has 4 heteroatoms. The first kappa shape index (κ1) is 14.0. The van der Waals surface area contributed by atoms with Crippen molar-refractivity contribution in [3.05, 3.63) is 15.1 Å². The minimum Gasteiger partial charge on any atom is -0.372 e. The number of aromatic nitrogens is 2. The van der Waals surface area contributed by atoms with Crippen molar-refractivity contribution in [3.8, 4) is 0 Å². The highest BCUT2D eigenvalue weighted by molar-refractivity contribution is 14.1. The van der Waals surface area contributed by atoms with E-state index in [4.69, 9.17) is 9.97 Å². The van der Waals surface area contributed by atoms with E-state index < -0.39 is 0 Å². The lowest BCUT2D eigenvalue weighted by Crippen LogP contribution is -2.19. The summed E-state index contributed by atoms with van der Waals surface area (Å²) in [6, 6.07) is 0. The molecule has 0 bridgehead atoms. The number of halogens is 1. The molecule has 1 aliphatic rings. The van der Waals surface area contributed by atoms with E-state index in [9.17, 15) is 0 Å². The van der Waals surface area contributed by atoms with Crippen molar-refractivity contribution in [1.82, 2.24) is 9.97 Å². The molecule has 0 saturated heterocycles. The molecule has 0 radical (unpaired) electrons. The Bertz CT molecular complexity index is 475. The zero-order valence-electron chi connectivity index (χ0n) is 12.1. The van der Waals surface area contributed by atoms with Gasteiger partial charge in [-0.15, -0.1) is 0 Å². The van der Waals surface area contributed by atoms with E-state index in [-0.39, 0.29) is 5.41 Å². The van der Waals surface area contributed by atoms with Crippen LogP contribution in [0.25, 0.3) is 0 Å². The molecule has 0 aromatic carbocycles. The van der Waals surface area contributed by atoms with Gasteiger partial charge in [-0.05, 0) is 34.4 Å². The molecule has 1 heterocycles. The molecule has 0 aliphatic heterocycles. The van der Waals surface area contributed by atoms with E-state index >= 15 is 0 Å². The summed E-state index contributed by atoms with van der Waals surface area (Å²) in [5, 5.41) is 3.20.